The van der Waals surface area contributed by atoms with Gasteiger partial charge >= 0.3 is 5.97 Å². The molecule has 0 bridgehead atoms. The van der Waals surface area contributed by atoms with Crippen molar-refractivity contribution in [2.75, 3.05) is 0 Å². The molecule has 8 heteroatoms. The lowest BCUT2D eigenvalue weighted by Crippen LogP contribution is -2.30. The van der Waals surface area contributed by atoms with E-state index in [2.05, 4.69) is 15.5 Å². The average Bonchev–Trinajstić information content (AvgIpc) is 3.02. The molecule has 7 nitrogen and oxygen atoms in total. The number of benzene rings is 1. The number of nitrogens with zero attached hydrogens (tertiary/aromatic N) is 2. The van der Waals surface area contributed by atoms with Crippen LogP contribution in [0.4, 0.5) is 4.39 Å². The maximum Gasteiger partial charge on any atom is 0.305 e. The minimum absolute atomic E-state index is 0.197. The van der Waals surface area contributed by atoms with Gasteiger partial charge in [-0.05, 0) is 30.5 Å². The van der Waals surface area contributed by atoms with Gasteiger partial charge in [0.1, 0.15) is 5.82 Å². The Bertz CT molecular complexity index is 730. The van der Waals surface area contributed by atoms with Crippen LogP contribution in [0.1, 0.15) is 55.9 Å². The Kier molecular flexibility index (Phi) is 7.25. The minimum Gasteiger partial charge on any atom is -0.481 e. The third kappa shape index (κ3) is 6.27. The molecule has 0 aliphatic heterocycles. The fourth-order valence-electron chi connectivity index (χ4n) is 2.51. The smallest absolute Gasteiger partial charge is 0.305 e. The van der Waals surface area contributed by atoms with Gasteiger partial charge in [-0.1, -0.05) is 24.2 Å². The Balaban J connectivity index is 1.85. The van der Waals surface area contributed by atoms with Gasteiger partial charge in [0.2, 0.25) is 11.8 Å². The van der Waals surface area contributed by atoms with Gasteiger partial charge < -0.3 is 14.9 Å². The van der Waals surface area contributed by atoms with E-state index in [1.807, 2.05) is 6.92 Å². The highest BCUT2D eigenvalue weighted by Crippen LogP contribution is 2.18. The Morgan fingerprint density at radius 2 is 2.00 bits per heavy atom. The summed E-state index contributed by atoms with van der Waals surface area (Å²) in [6, 6.07) is 4.70. The Hall–Kier alpha value is -2.77. The number of carbonyl (C=O) groups excluding carboxylic acids is 1. The third-order valence-electron chi connectivity index (χ3n) is 3.76. The molecular formula is C18H22FN3O4. The molecule has 1 aromatic heterocycles. The molecule has 0 aliphatic rings. The van der Waals surface area contributed by atoms with Crippen molar-refractivity contribution in [1.29, 1.82) is 0 Å². The Morgan fingerprint density at radius 3 is 2.65 bits per heavy atom. The molecule has 2 N–H and O–H groups in total. The second-order valence-electron chi connectivity index (χ2n) is 5.98. The third-order valence-corrected chi connectivity index (χ3v) is 3.76. The molecule has 0 spiro atoms. The zero-order valence-corrected chi connectivity index (χ0v) is 14.6. The van der Waals surface area contributed by atoms with Crippen molar-refractivity contribution < 1.29 is 23.6 Å². The molecule has 0 fully saturated rings. The molecule has 26 heavy (non-hydrogen) atoms. The number of rotatable bonds is 10. The van der Waals surface area contributed by atoms with Gasteiger partial charge in [-0.3, -0.25) is 9.59 Å². The summed E-state index contributed by atoms with van der Waals surface area (Å²) in [5.41, 5.74) is 0.545. The van der Waals surface area contributed by atoms with Crippen molar-refractivity contribution in [2.24, 2.45) is 0 Å². The van der Waals surface area contributed by atoms with Crippen molar-refractivity contribution >= 4 is 11.9 Å². The summed E-state index contributed by atoms with van der Waals surface area (Å²) in [6.45, 7) is 2.02. The quantitative estimate of drug-likeness (QED) is 0.672. The normalized spacial score (nSPS) is 11.9. The van der Waals surface area contributed by atoms with Crippen LogP contribution in [0.2, 0.25) is 0 Å². The maximum atomic E-state index is 13.0. The first-order valence-electron chi connectivity index (χ1n) is 8.56. The second-order valence-corrected chi connectivity index (χ2v) is 5.98. The number of aromatic nitrogens is 2. The SMILES string of the molecule is CCCc1noc(CCCC(=O)NC(CC(=O)O)c2ccc(F)cc2)n1. The van der Waals surface area contributed by atoms with Crippen molar-refractivity contribution in [3.05, 3.63) is 47.4 Å². The molecule has 1 amide bonds. The van der Waals surface area contributed by atoms with E-state index < -0.39 is 17.8 Å². The number of aliphatic carboxylic acids is 1. The first kappa shape index (κ1) is 19.6. The molecule has 1 aromatic carbocycles. The van der Waals surface area contributed by atoms with Crippen molar-refractivity contribution in [2.45, 2.75) is 51.5 Å². The number of carbonyl (C=O) groups is 2. The number of nitrogens with one attached hydrogen (secondary N) is 1. The number of carboxylic acid groups (broad SMARTS) is 1. The van der Waals surface area contributed by atoms with Crippen LogP contribution in [0.25, 0.3) is 0 Å². The highest BCUT2D eigenvalue weighted by atomic mass is 19.1. The van der Waals surface area contributed by atoms with Gasteiger partial charge in [0.15, 0.2) is 5.82 Å². The van der Waals surface area contributed by atoms with Crippen LogP contribution < -0.4 is 5.32 Å². The summed E-state index contributed by atoms with van der Waals surface area (Å²) in [5, 5.41) is 15.6. The van der Waals surface area contributed by atoms with E-state index >= 15 is 0 Å². The van der Waals surface area contributed by atoms with Crippen molar-refractivity contribution in [1.82, 2.24) is 15.5 Å². The van der Waals surface area contributed by atoms with Gasteiger partial charge in [-0.15, -0.1) is 0 Å². The largest absolute Gasteiger partial charge is 0.481 e. The highest BCUT2D eigenvalue weighted by molar-refractivity contribution is 5.77. The van der Waals surface area contributed by atoms with Gasteiger partial charge in [-0.2, -0.15) is 4.98 Å². The van der Waals surface area contributed by atoms with Crippen LogP contribution >= 0.6 is 0 Å². The van der Waals surface area contributed by atoms with E-state index in [1.54, 1.807) is 0 Å². The average molecular weight is 363 g/mol. The van der Waals surface area contributed by atoms with Gasteiger partial charge in [0, 0.05) is 19.3 Å². The lowest BCUT2D eigenvalue weighted by atomic mass is 10.0. The number of hydrogen-bond acceptors (Lipinski definition) is 5. The zero-order chi connectivity index (χ0) is 18.9. The molecule has 2 rings (SSSR count). The summed E-state index contributed by atoms with van der Waals surface area (Å²) in [4.78, 5) is 27.4. The van der Waals surface area contributed by atoms with Crippen LogP contribution in [0.15, 0.2) is 28.8 Å². The maximum absolute atomic E-state index is 13.0. The predicted molar refractivity (Wildman–Crippen MR) is 90.8 cm³/mol. The Labute approximate surface area is 150 Å². The summed E-state index contributed by atoms with van der Waals surface area (Å²) in [7, 11) is 0. The number of halogens is 1. The molecule has 0 saturated heterocycles. The second kappa shape index (κ2) is 9.65. The number of aryl methyl sites for hydroxylation is 2. The standard InChI is InChI=1S/C18H22FN3O4/c1-2-4-15-21-17(26-22-15)6-3-5-16(23)20-14(11-18(24)25)12-7-9-13(19)10-8-12/h7-10,14H,2-6,11H2,1H3,(H,20,23)(H,24,25). The van der Waals surface area contributed by atoms with E-state index in [-0.39, 0.29) is 18.7 Å². The molecule has 0 radical (unpaired) electrons. The molecule has 1 heterocycles. The van der Waals surface area contributed by atoms with Crippen molar-refractivity contribution in [3.8, 4) is 0 Å². The lowest BCUT2D eigenvalue weighted by Gasteiger charge is -2.17. The molecule has 1 atom stereocenters. The van der Waals surface area contributed by atoms with E-state index in [0.29, 0.717) is 30.1 Å². The molecule has 0 saturated carbocycles. The van der Waals surface area contributed by atoms with E-state index in [1.165, 1.54) is 24.3 Å². The lowest BCUT2D eigenvalue weighted by molar-refractivity contribution is -0.137. The zero-order valence-electron chi connectivity index (χ0n) is 14.6. The van der Waals surface area contributed by atoms with Crippen LogP contribution in [0.3, 0.4) is 0 Å². The van der Waals surface area contributed by atoms with Crippen LogP contribution in [0.5, 0.6) is 0 Å². The van der Waals surface area contributed by atoms with Crippen LogP contribution in [-0.4, -0.2) is 27.1 Å². The van der Waals surface area contributed by atoms with Gasteiger partial charge in [0.05, 0.1) is 12.5 Å². The summed E-state index contributed by atoms with van der Waals surface area (Å²) < 4.78 is 18.1. The fourth-order valence-corrected chi connectivity index (χ4v) is 2.51. The monoisotopic (exact) mass is 363 g/mol. The molecule has 0 aliphatic carbocycles. The number of hydrogen-bond donors (Lipinski definition) is 2. The predicted octanol–water partition coefficient (Wildman–Crippen LogP) is 2.82. The molecule has 140 valence electrons. The fraction of sp³-hybridized carbons (Fsp3) is 0.444. The first-order valence-corrected chi connectivity index (χ1v) is 8.56. The topological polar surface area (TPSA) is 105 Å². The Morgan fingerprint density at radius 1 is 1.27 bits per heavy atom. The summed E-state index contributed by atoms with van der Waals surface area (Å²) in [6.07, 6.45) is 2.57. The molecular weight excluding hydrogens is 341 g/mol. The minimum atomic E-state index is -1.05. The van der Waals surface area contributed by atoms with E-state index in [0.717, 1.165) is 12.8 Å². The summed E-state index contributed by atoms with van der Waals surface area (Å²) in [5.74, 6) is -0.606. The van der Waals surface area contributed by atoms with E-state index in [4.69, 9.17) is 9.63 Å². The summed E-state index contributed by atoms with van der Waals surface area (Å²) >= 11 is 0. The first-order chi connectivity index (χ1) is 12.5. The van der Waals surface area contributed by atoms with Crippen LogP contribution in [-0.2, 0) is 22.4 Å². The highest BCUT2D eigenvalue weighted by Gasteiger charge is 2.18. The van der Waals surface area contributed by atoms with Crippen molar-refractivity contribution in [3.63, 3.8) is 0 Å². The van der Waals surface area contributed by atoms with Gasteiger partial charge in [0.25, 0.3) is 0 Å². The molecule has 2 aromatic rings. The number of carboxylic acids is 1. The number of amides is 1. The van der Waals surface area contributed by atoms with Crippen LogP contribution in [0, 0.1) is 5.82 Å². The van der Waals surface area contributed by atoms with E-state index in [9.17, 15) is 14.0 Å². The van der Waals surface area contributed by atoms with Gasteiger partial charge in [-0.25, -0.2) is 4.39 Å². The molecule has 1 unspecified atom stereocenters.